The molecular weight excluding hydrogens is 386 g/mol. The smallest absolute Gasteiger partial charge is 0.179 e. The van der Waals surface area contributed by atoms with Crippen molar-refractivity contribution >= 4 is 5.78 Å². The summed E-state index contributed by atoms with van der Waals surface area (Å²) in [5.41, 5.74) is 1.93. The van der Waals surface area contributed by atoms with Crippen LogP contribution in [0.4, 0.5) is 0 Å². The third kappa shape index (κ3) is 4.97. The lowest BCUT2D eigenvalue weighted by atomic mass is 9.86. The van der Waals surface area contributed by atoms with E-state index in [4.69, 9.17) is 9.47 Å². The third-order valence-electron chi connectivity index (χ3n) is 6.12. The first-order valence-electron chi connectivity index (χ1n) is 10.8. The van der Waals surface area contributed by atoms with Gasteiger partial charge in [0.15, 0.2) is 5.78 Å². The highest BCUT2D eigenvalue weighted by molar-refractivity contribution is 6.00. The molecule has 160 valence electrons. The highest BCUT2D eigenvalue weighted by Gasteiger charge is 2.35. The molecule has 1 saturated heterocycles. The van der Waals surface area contributed by atoms with Gasteiger partial charge in [0.05, 0.1) is 13.2 Å². The third-order valence-corrected chi connectivity index (χ3v) is 6.12. The number of Topliss-reactive ketones (excluding diaryl/α,β-unsaturated/α-hetero) is 1. The zero-order chi connectivity index (χ0) is 21.6. The topological polar surface area (TPSA) is 38.8 Å². The van der Waals surface area contributed by atoms with Crippen LogP contribution in [-0.4, -0.2) is 43.0 Å². The molecule has 31 heavy (non-hydrogen) atoms. The molecule has 0 aromatic heterocycles. The number of nitrogens with zero attached hydrogens (tertiary/aromatic N) is 1. The minimum Gasteiger partial charge on any atom is -0.497 e. The lowest BCUT2D eigenvalue weighted by molar-refractivity contribution is 0.0509. The molecule has 3 atom stereocenters. The largest absolute Gasteiger partial charge is 0.497 e. The van der Waals surface area contributed by atoms with E-state index in [2.05, 4.69) is 29.2 Å². The van der Waals surface area contributed by atoms with Crippen LogP contribution in [0.1, 0.15) is 35.2 Å². The predicted molar refractivity (Wildman–Crippen MR) is 123 cm³/mol. The van der Waals surface area contributed by atoms with Crippen molar-refractivity contribution in [2.45, 2.75) is 31.4 Å². The van der Waals surface area contributed by atoms with Crippen LogP contribution in [0.5, 0.6) is 11.5 Å². The fourth-order valence-electron chi connectivity index (χ4n) is 4.33. The summed E-state index contributed by atoms with van der Waals surface area (Å²) in [7, 11) is 1.62. The molecule has 1 heterocycles. The zero-order valence-electron chi connectivity index (χ0n) is 18.1. The van der Waals surface area contributed by atoms with Gasteiger partial charge >= 0.3 is 0 Å². The van der Waals surface area contributed by atoms with Crippen LogP contribution in [0.2, 0.25) is 0 Å². The molecule has 0 saturated carbocycles. The molecule has 3 aromatic rings. The Morgan fingerprint density at radius 1 is 0.935 bits per heavy atom. The molecule has 0 bridgehead atoms. The molecule has 1 fully saturated rings. The molecule has 4 rings (SSSR count). The maximum atomic E-state index is 13.2. The number of likely N-dealkylation sites (tertiary alicyclic amines) is 1. The molecule has 4 nitrogen and oxygen atoms in total. The summed E-state index contributed by atoms with van der Waals surface area (Å²) in [6.45, 7) is 3.60. The SMILES string of the molecule is COc1cccc(C(=O)C(C)N2CC[C@@H](Oc3ccccc3)[C@H](c3ccccc3)C2)c1. The minimum atomic E-state index is -0.212. The first-order valence-corrected chi connectivity index (χ1v) is 10.8. The van der Waals surface area contributed by atoms with Crippen molar-refractivity contribution in [1.82, 2.24) is 4.90 Å². The van der Waals surface area contributed by atoms with Crippen LogP contribution in [0.25, 0.3) is 0 Å². The molecule has 0 N–H and O–H groups in total. The summed E-state index contributed by atoms with van der Waals surface area (Å²) in [6, 6.07) is 27.7. The molecule has 1 aliphatic rings. The summed E-state index contributed by atoms with van der Waals surface area (Å²) in [6.07, 6.45) is 0.935. The number of hydrogen-bond donors (Lipinski definition) is 0. The molecular formula is C27H29NO3. The van der Waals surface area contributed by atoms with Crippen molar-refractivity contribution in [2.75, 3.05) is 20.2 Å². The second-order valence-corrected chi connectivity index (χ2v) is 8.04. The monoisotopic (exact) mass is 415 g/mol. The summed E-state index contributed by atoms with van der Waals surface area (Å²) in [5, 5.41) is 0. The Morgan fingerprint density at radius 3 is 2.32 bits per heavy atom. The quantitative estimate of drug-likeness (QED) is 0.497. The highest BCUT2D eigenvalue weighted by atomic mass is 16.5. The number of ether oxygens (including phenoxy) is 2. The van der Waals surface area contributed by atoms with E-state index in [1.165, 1.54) is 5.56 Å². The van der Waals surface area contributed by atoms with Gasteiger partial charge in [0, 0.05) is 24.6 Å². The van der Waals surface area contributed by atoms with E-state index in [-0.39, 0.29) is 23.8 Å². The number of methoxy groups -OCH3 is 1. The predicted octanol–water partition coefficient (Wildman–Crippen LogP) is 5.20. The zero-order valence-corrected chi connectivity index (χ0v) is 18.1. The first-order chi connectivity index (χ1) is 15.2. The van der Waals surface area contributed by atoms with E-state index in [1.807, 2.05) is 67.6 Å². The fraction of sp³-hybridized carbons (Fsp3) is 0.296. The minimum absolute atomic E-state index is 0.0696. The standard InChI is InChI=1S/C27H29NO3/c1-20(27(29)22-12-9-15-24(18-22)30-2)28-17-16-26(31-23-13-7-4-8-14-23)25(19-28)21-10-5-3-6-11-21/h3-15,18,20,25-26H,16-17,19H2,1-2H3/t20?,25-,26+/m0/s1. The Balaban J connectivity index is 1.53. The Bertz CT molecular complexity index is 990. The molecule has 0 radical (unpaired) electrons. The Labute approximate surface area is 184 Å². The van der Waals surface area contributed by atoms with Crippen molar-refractivity contribution in [3.63, 3.8) is 0 Å². The molecule has 0 spiro atoms. The molecule has 0 aliphatic carbocycles. The number of ketones is 1. The summed E-state index contributed by atoms with van der Waals surface area (Å²) in [4.78, 5) is 15.5. The van der Waals surface area contributed by atoms with E-state index in [0.717, 1.165) is 25.3 Å². The number of hydrogen-bond acceptors (Lipinski definition) is 4. The molecule has 1 unspecified atom stereocenters. The number of para-hydroxylation sites is 1. The number of rotatable bonds is 7. The van der Waals surface area contributed by atoms with Gasteiger partial charge in [-0.25, -0.2) is 0 Å². The second kappa shape index (κ2) is 9.80. The molecule has 3 aromatic carbocycles. The van der Waals surface area contributed by atoms with Crippen LogP contribution < -0.4 is 9.47 Å². The van der Waals surface area contributed by atoms with E-state index >= 15 is 0 Å². The van der Waals surface area contributed by atoms with Crippen LogP contribution in [0.15, 0.2) is 84.9 Å². The average molecular weight is 416 g/mol. The van der Waals surface area contributed by atoms with Crippen LogP contribution in [0.3, 0.4) is 0 Å². The molecule has 4 heteroatoms. The van der Waals surface area contributed by atoms with Gasteiger partial charge < -0.3 is 9.47 Å². The number of carbonyl (C=O) groups excluding carboxylic acids is 1. The van der Waals surface area contributed by atoms with E-state index in [1.54, 1.807) is 7.11 Å². The van der Waals surface area contributed by atoms with Gasteiger partial charge in [-0.15, -0.1) is 0 Å². The lowest BCUT2D eigenvalue weighted by Gasteiger charge is -2.41. The second-order valence-electron chi connectivity index (χ2n) is 8.04. The number of piperidine rings is 1. The fourth-order valence-corrected chi connectivity index (χ4v) is 4.33. The van der Waals surface area contributed by atoms with Crippen LogP contribution in [-0.2, 0) is 0 Å². The van der Waals surface area contributed by atoms with Crippen LogP contribution in [0, 0.1) is 0 Å². The van der Waals surface area contributed by atoms with Crippen LogP contribution >= 0.6 is 0 Å². The number of carbonyl (C=O) groups is 1. The Kier molecular flexibility index (Phi) is 6.68. The van der Waals surface area contributed by atoms with Crippen molar-refractivity contribution in [1.29, 1.82) is 0 Å². The van der Waals surface area contributed by atoms with E-state index in [9.17, 15) is 4.79 Å². The maximum Gasteiger partial charge on any atom is 0.179 e. The van der Waals surface area contributed by atoms with Crippen molar-refractivity contribution in [3.05, 3.63) is 96.1 Å². The van der Waals surface area contributed by atoms with Gasteiger partial charge in [-0.3, -0.25) is 9.69 Å². The summed E-state index contributed by atoms with van der Waals surface area (Å²) < 4.78 is 11.7. The molecule has 1 aliphatic heterocycles. The Morgan fingerprint density at radius 2 is 1.61 bits per heavy atom. The van der Waals surface area contributed by atoms with Gasteiger partial charge in [-0.05, 0) is 43.2 Å². The van der Waals surface area contributed by atoms with E-state index < -0.39 is 0 Å². The first kappa shape index (κ1) is 21.1. The highest BCUT2D eigenvalue weighted by Crippen LogP contribution is 2.32. The molecule has 0 amide bonds. The van der Waals surface area contributed by atoms with Gasteiger partial charge in [-0.1, -0.05) is 60.7 Å². The van der Waals surface area contributed by atoms with E-state index in [0.29, 0.717) is 11.3 Å². The normalized spacial score (nSPS) is 20.1. The average Bonchev–Trinajstić information content (AvgIpc) is 2.84. The van der Waals surface area contributed by atoms with Gasteiger partial charge in [0.2, 0.25) is 0 Å². The van der Waals surface area contributed by atoms with Gasteiger partial charge in [0.25, 0.3) is 0 Å². The van der Waals surface area contributed by atoms with Crippen molar-refractivity contribution < 1.29 is 14.3 Å². The van der Waals surface area contributed by atoms with Gasteiger partial charge in [0.1, 0.15) is 17.6 Å². The van der Waals surface area contributed by atoms with Crippen molar-refractivity contribution in [3.8, 4) is 11.5 Å². The van der Waals surface area contributed by atoms with Crippen molar-refractivity contribution in [2.24, 2.45) is 0 Å². The Hall–Kier alpha value is -3.11. The maximum absolute atomic E-state index is 13.2. The summed E-state index contributed by atoms with van der Waals surface area (Å²) >= 11 is 0. The number of benzene rings is 3. The van der Waals surface area contributed by atoms with Gasteiger partial charge in [-0.2, -0.15) is 0 Å². The lowest BCUT2D eigenvalue weighted by Crippen LogP contribution is -2.50. The summed E-state index contributed by atoms with van der Waals surface area (Å²) in [5.74, 6) is 1.90.